The zero-order valence-electron chi connectivity index (χ0n) is 16.5. The molecule has 0 saturated heterocycles. The standard InChI is InChI=1S/C19H20ClN5O4/c1-11-10-24-15-16(22(2)19(27)23(17(15)26)7-8-28-3)21-18(24)25(11)13-9-12(20)5-6-14(13)29-4/h5-6,9-10H,7-8H2,1-4H3. The number of aryl methyl sites for hydroxylation is 2. The minimum Gasteiger partial charge on any atom is -0.495 e. The predicted octanol–water partition coefficient (Wildman–Crippen LogP) is 1.76. The quantitative estimate of drug-likeness (QED) is 0.494. The molecule has 9 nitrogen and oxygen atoms in total. The normalized spacial score (nSPS) is 11.6. The van der Waals surface area contributed by atoms with Crippen LogP contribution in [0.15, 0.2) is 34.0 Å². The van der Waals surface area contributed by atoms with Crippen LogP contribution in [-0.4, -0.2) is 43.9 Å². The maximum Gasteiger partial charge on any atom is 0.332 e. The van der Waals surface area contributed by atoms with E-state index in [1.165, 1.54) is 11.7 Å². The fraction of sp³-hybridized carbons (Fsp3) is 0.316. The molecular weight excluding hydrogens is 398 g/mol. The Morgan fingerprint density at radius 1 is 1.21 bits per heavy atom. The number of nitrogens with zero attached hydrogens (tertiary/aromatic N) is 5. The Balaban J connectivity index is 2.10. The van der Waals surface area contributed by atoms with E-state index in [1.54, 1.807) is 43.0 Å². The second-order valence-corrected chi connectivity index (χ2v) is 7.10. The molecule has 0 aliphatic heterocycles. The van der Waals surface area contributed by atoms with Gasteiger partial charge in [0.2, 0.25) is 5.78 Å². The van der Waals surface area contributed by atoms with Crippen LogP contribution in [-0.2, 0) is 18.3 Å². The van der Waals surface area contributed by atoms with Gasteiger partial charge in [-0.2, -0.15) is 4.98 Å². The van der Waals surface area contributed by atoms with E-state index >= 15 is 0 Å². The molecular formula is C19H20ClN5O4. The number of imidazole rings is 2. The summed E-state index contributed by atoms with van der Waals surface area (Å²) in [5.74, 6) is 1.09. The molecule has 0 bridgehead atoms. The summed E-state index contributed by atoms with van der Waals surface area (Å²) in [5.41, 5.74) is 1.28. The smallest absolute Gasteiger partial charge is 0.332 e. The van der Waals surface area contributed by atoms with Crippen molar-refractivity contribution in [2.75, 3.05) is 20.8 Å². The number of ether oxygens (including phenoxy) is 2. The van der Waals surface area contributed by atoms with Crippen LogP contribution >= 0.6 is 11.6 Å². The highest BCUT2D eigenvalue weighted by atomic mass is 35.5. The van der Waals surface area contributed by atoms with Gasteiger partial charge in [0.05, 0.1) is 25.9 Å². The van der Waals surface area contributed by atoms with Crippen LogP contribution in [0.5, 0.6) is 5.75 Å². The van der Waals surface area contributed by atoms with Crippen molar-refractivity contribution in [2.45, 2.75) is 13.5 Å². The van der Waals surface area contributed by atoms with E-state index in [0.29, 0.717) is 33.4 Å². The maximum absolute atomic E-state index is 13.1. The van der Waals surface area contributed by atoms with E-state index in [1.807, 2.05) is 11.5 Å². The van der Waals surface area contributed by atoms with Crippen LogP contribution in [0.3, 0.4) is 0 Å². The minimum atomic E-state index is -0.441. The average Bonchev–Trinajstić information content (AvgIpc) is 3.20. The third kappa shape index (κ3) is 2.85. The van der Waals surface area contributed by atoms with Crippen LogP contribution in [0, 0.1) is 6.92 Å². The number of benzene rings is 1. The molecule has 0 radical (unpaired) electrons. The predicted molar refractivity (Wildman–Crippen MR) is 110 cm³/mol. The molecule has 0 N–H and O–H groups in total. The van der Waals surface area contributed by atoms with E-state index in [-0.39, 0.29) is 13.2 Å². The van der Waals surface area contributed by atoms with Crippen molar-refractivity contribution in [1.82, 2.24) is 23.1 Å². The van der Waals surface area contributed by atoms with Gasteiger partial charge in [-0.15, -0.1) is 0 Å². The largest absolute Gasteiger partial charge is 0.495 e. The summed E-state index contributed by atoms with van der Waals surface area (Å²) in [4.78, 5) is 30.4. The Hall–Kier alpha value is -3.04. The second-order valence-electron chi connectivity index (χ2n) is 6.67. The van der Waals surface area contributed by atoms with Crippen LogP contribution in [0.2, 0.25) is 5.02 Å². The van der Waals surface area contributed by atoms with Gasteiger partial charge in [-0.1, -0.05) is 11.6 Å². The zero-order valence-corrected chi connectivity index (χ0v) is 17.2. The molecule has 0 saturated carbocycles. The first kappa shape index (κ1) is 19.3. The molecule has 3 aromatic heterocycles. The average molecular weight is 418 g/mol. The second kappa shape index (κ2) is 7.09. The lowest BCUT2D eigenvalue weighted by molar-refractivity contribution is 0.184. The Morgan fingerprint density at radius 2 is 1.97 bits per heavy atom. The van der Waals surface area contributed by atoms with E-state index in [2.05, 4.69) is 4.98 Å². The number of halogens is 1. The lowest BCUT2D eigenvalue weighted by atomic mass is 10.3. The molecule has 152 valence electrons. The Morgan fingerprint density at radius 3 is 2.66 bits per heavy atom. The van der Waals surface area contributed by atoms with Crippen LogP contribution < -0.4 is 16.0 Å². The minimum absolute atomic E-state index is 0.160. The van der Waals surface area contributed by atoms with Gasteiger partial charge in [0.25, 0.3) is 5.56 Å². The Labute approximate surface area is 170 Å². The molecule has 4 aromatic rings. The molecule has 3 heterocycles. The van der Waals surface area contributed by atoms with Gasteiger partial charge in [0.15, 0.2) is 11.2 Å². The van der Waals surface area contributed by atoms with Crippen molar-refractivity contribution in [1.29, 1.82) is 0 Å². The number of hydrogen-bond acceptors (Lipinski definition) is 5. The molecule has 0 aliphatic rings. The van der Waals surface area contributed by atoms with E-state index in [0.717, 1.165) is 10.3 Å². The Bertz CT molecular complexity index is 1360. The molecule has 0 amide bonds. The molecule has 0 fully saturated rings. The summed E-state index contributed by atoms with van der Waals surface area (Å²) in [6, 6.07) is 5.27. The van der Waals surface area contributed by atoms with E-state index < -0.39 is 11.2 Å². The topological polar surface area (TPSA) is 84.7 Å². The molecule has 4 rings (SSSR count). The van der Waals surface area contributed by atoms with Crippen molar-refractivity contribution in [3.63, 3.8) is 0 Å². The van der Waals surface area contributed by atoms with Gasteiger partial charge >= 0.3 is 5.69 Å². The molecule has 1 aromatic carbocycles. The summed E-state index contributed by atoms with van der Waals surface area (Å²) in [7, 11) is 4.69. The van der Waals surface area contributed by atoms with E-state index in [9.17, 15) is 9.59 Å². The third-order valence-corrected chi connectivity index (χ3v) is 5.16. The molecule has 0 aliphatic carbocycles. The van der Waals surface area contributed by atoms with Gasteiger partial charge in [0.1, 0.15) is 5.75 Å². The summed E-state index contributed by atoms with van der Waals surface area (Å²) in [5, 5.41) is 0.539. The fourth-order valence-corrected chi connectivity index (χ4v) is 3.69. The molecule has 0 atom stereocenters. The first-order valence-corrected chi connectivity index (χ1v) is 9.29. The van der Waals surface area contributed by atoms with E-state index in [4.69, 9.17) is 21.1 Å². The first-order valence-electron chi connectivity index (χ1n) is 8.91. The number of rotatable bonds is 5. The number of methoxy groups -OCH3 is 2. The van der Waals surface area contributed by atoms with Crippen molar-refractivity contribution in [3.8, 4) is 11.4 Å². The van der Waals surface area contributed by atoms with Crippen molar-refractivity contribution < 1.29 is 9.47 Å². The third-order valence-electron chi connectivity index (χ3n) is 4.93. The molecule has 0 spiro atoms. The first-order chi connectivity index (χ1) is 13.9. The number of aromatic nitrogens is 5. The lowest BCUT2D eigenvalue weighted by Gasteiger charge is -2.11. The fourth-order valence-electron chi connectivity index (χ4n) is 3.53. The van der Waals surface area contributed by atoms with Crippen LogP contribution in [0.4, 0.5) is 0 Å². The monoisotopic (exact) mass is 417 g/mol. The summed E-state index contributed by atoms with van der Waals surface area (Å²) >= 11 is 6.21. The summed E-state index contributed by atoms with van der Waals surface area (Å²) in [6.07, 6.45) is 1.80. The van der Waals surface area contributed by atoms with Gasteiger partial charge in [-0.3, -0.25) is 22.9 Å². The SMILES string of the molecule is COCCn1c(=O)c2c(nc3n(-c4cc(Cl)ccc4OC)c(C)cn23)n(C)c1=O. The summed E-state index contributed by atoms with van der Waals surface area (Å²) < 4.78 is 16.6. The highest BCUT2D eigenvalue weighted by Crippen LogP contribution is 2.30. The Kier molecular flexibility index (Phi) is 4.71. The van der Waals surface area contributed by atoms with Gasteiger partial charge < -0.3 is 9.47 Å². The maximum atomic E-state index is 13.1. The van der Waals surface area contributed by atoms with Crippen LogP contribution in [0.1, 0.15) is 5.69 Å². The van der Waals surface area contributed by atoms with Crippen molar-refractivity contribution in [2.24, 2.45) is 7.05 Å². The highest BCUT2D eigenvalue weighted by Gasteiger charge is 2.22. The van der Waals surface area contributed by atoms with Gasteiger partial charge in [-0.05, 0) is 25.1 Å². The van der Waals surface area contributed by atoms with Crippen molar-refractivity contribution in [3.05, 3.63) is 56.0 Å². The lowest BCUT2D eigenvalue weighted by Crippen LogP contribution is -2.40. The molecule has 10 heteroatoms. The van der Waals surface area contributed by atoms with Gasteiger partial charge in [0, 0.05) is 31.1 Å². The summed E-state index contributed by atoms with van der Waals surface area (Å²) in [6.45, 7) is 2.31. The highest BCUT2D eigenvalue weighted by molar-refractivity contribution is 6.30. The van der Waals surface area contributed by atoms with Gasteiger partial charge in [-0.25, -0.2) is 4.79 Å². The number of hydrogen-bond donors (Lipinski definition) is 0. The number of fused-ring (bicyclic) bond motifs is 3. The van der Waals surface area contributed by atoms with Crippen molar-refractivity contribution >= 4 is 28.5 Å². The van der Waals surface area contributed by atoms with Crippen LogP contribution in [0.25, 0.3) is 22.6 Å². The molecule has 0 unspecified atom stereocenters. The zero-order chi connectivity index (χ0) is 20.9. The molecule has 29 heavy (non-hydrogen) atoms.